The lowest BCUT2D eigenvalue weighted by Gasteiger charge is -2.33. The zero-order valence-electron chi connectivity index (χ0n) is 15.7. The predicted molar refractivity (Wildman–Crippen MR) is 98.0 cm³/mol. The van der Waals surface area contributed by atoms with Crippen molar-refractivity contribution in [1.29, 1.82) is 0 Å². The molecule has 1 aromatic rings. The first-order valence-corrected chi connectivity index (χ1v) is 8.92. The number of aliphatic carboxylic acids is 1. The summed E-state index contributed by atoms with van der Waals surface area (Å²) in [4.78, 5) is 35.9. The van der Waals surface area contributed by atoms with Crippen LogP contribution >= 0.6 is 0 Å². The van der Waals surface area contributed by atoms with E-state index in [9.17, 15) is 19.5 Å². The van der Waals surface area contributed by atoms with Crippen molar-refractivity contribution >= 4 is 17.8 Å². The van der Waals surface area contributed by atoms with E-state index in [0.29, 0.717) is 29.9 Å². The minimum atomic E-state index is -0.902. The molecule has 0 spiro atoms. The molecule has 1 saturated carbocycles. The maximum atomic E-state index is 12.2. The number of carboxylic acids is 1. The highest BCUT2D eigenvalue weighted by molar-refractivity contribution is 5.97. The smallest absolute Gasteiger partial charge is 0.311 e. The molecular formula is C19H26N2O6. The fourth-order valence-corrected chi connectivity index (χ4v) is 3.27. The summed E-state index contributed by atoms with van der Waals surface area (Å²) < 4.78 is 10.3. The fourth-order valence-electron chi connectivity index (χ4n) is 3.27. The van der Waals surface area contributed by atoms with E-state index < -0.39 is 23.2 Å². The normalized spacial score (nSPS) is 15.5. The molecule has 0 bridgehead atoms. The van der Waals surface area contributed by atoms with Gasteiger partial charge in [0.05, 0.1) is 26.2 Å². The van der Waals surface area contributed by atoms with E-state index in [1.807, 2.05) is 0 Å². The summed E-state index contributed by atoms with van der Waals surface area (Å²) in [6.45, 7) is -0.156. The lowest BCUT2D eigenvalue weighted by atomic mass is 9.74. The van der Waals surface area contributed by atoms with Gasteiger partial charge in [-0.3, -0.25) is 14.4 Å². The number of amides is 2. The van der Waals surface area contributed by atoms with Crippen molar-refractivity contribution in [2.24, 2.45) is 5.41 Å². The van der Waals surface area contributed by atoms with Gasteiger partial charge in [-0.2, -0.15) is 0 Å². The Bertz CT molecular complexity index is 697. The van der Waals surface area contributed by atoms with Crippen LogP contribution in [0.2, 0.25) is 0 Å². The van der Waals surface area contributed by atoms with Crippen molar-refractivity contribution in [2.75, 3.05) is 27.3 Å². The summed E-state index contributed by atoms with van der Waals surface area (Å²) in [6, 6.07) is 4.69. The zero-order chi connectivity index (χ0) is 19.9. The molecule has 3 N–H and O–H groups in total. The van der Waals surface area contributed by atoms with Crippen LogP contribution in [0.25, 0.3) is 0 Å². The Morgan fingerprint density at radius 3 is 2.30 bits per heavy atom. The van der Waals surface area contributed by atoms with Crippen molar-refractivity contribution in [2.45, 2.75) is 32.1 Å². The maximum Gasteiger partial charge on any atom is 0.311 e. The monoisotopic (exact) mass is 378 g/mol. The first-order chi connectivity index (χ1) is 12.9. The van der Waals surface area contributed by atoms with Gasteiger partial charge in [0.15, 0.2) is 11.5 Å². The standard InChI is InChI=1S/C19H26N2O6/c1-26-14-7-6-13(10-15(14)27-2)17(23)20-11-16(22)21-12-19(18(24)25)8-4-3-5-9-19/h6-7,10H,3-5,8-9,11-12H2,1-2H3,(H,20,23)(H,21,22)(H,24,25). The summed E-state index contributed by atoms with van der Waals surface area (Å²) in [5, 5.41) is 14.7. The number of carboxylic acid groups (broad SMARTS) is 1. The quantitative estimate of drug-likeness (QED) is 0.633. The largest absolute Gasteiger partial charge is 0.493 e. The summed E-state index contributed by atoms with van der Waals surface area (Å²) in [5.74, 6) is -0.822. The number of methoxy groups -OCH3 is 2. The molecule has 0 saturated heterocycles. The summed E-state index contributed by atoms with van der Waals surface area (Å²) in [7, 11) is 2.97. The van der Waals surface area contributed by atoms with E-state index in [4.69, 9.17) is 9.47 Å². The third-order valence-corrected chi connectivity index (χ3v) is 4.94. The Balaban J connectivity index is 1.87. The van der Waals surface area contributed by atoms with E-state index >= 15 is 0 Å². The molecule has 0 aliphatic heterocycles. The molecule has 0 radical (unpaired) electrons. The molecule has 1 aliphatic carbocycles. The highest BCUT2D eigenvalue weighted by Gasteiger charge is 2.39. The van der Waals surface area contributed by atoms with E-state index in [-0.39, 0.29) is 13.1 Å². The first-order valence-electron chi connectivity index (χ1n) is 8.92. The molecule has 1 fully saturated rings. The molecule has 148 valence electrons. The van der Waals surface area contributed by atoms with Crippen LogP contribution in [0.5, 0.6) is 11.5 Å². The molecule has 1 aliphatic rings. The molecule has 0 unspecified atom stereocenters. The highest BCUT2D eigenvalue weighted by Crippen LogP contribution is 2.36. The Kier molecular flexibility index (Phi) is 7.04. The average molecular weight is 378 g/mol. The van der Waals surface area contributed by atoms with Crippen molar-refractivity contribution < 1.29 is 29.0 Å². The molecule has 8 nitrogen and oxygen atoms in total. The number of ether oxygens (including phenoxy) is 2. The number of hydrogen-bond donors (Lipinski definition) is 3. The van der Waals surface area contributed by atoms with Crippen LogP contribution in [-0.4, -0.2) is 50.2 Å². The Hall–Kier alpha value is -2.77. The Morgan fingerprint density at radius 1 is 1.04 bits per heavy atom. The first kappa shape index (κ1) is 20.5. The van der Waals surface area contributed by atoms with Gasteiger partial charge in [0.1, 0.15) is 0 Å². The lowest BCUT2D eigenvalue weighted by Crippen LogP contribution is -2.46. The predicted octanol–water partition coefficient (Wildman–Crippen LogP) is 1.58. The van der Waals surface area contributed by atoms with Gasteiger partial charge in [-0.1, -0.05) is 19.3 Å². The third kappa shape index (κ3) is 5.12. The maximum absolute atomic E-state index is 12.2. The van der Waals surface area contributed by atoms with Crippen LogP contribution < -0.4 is 20.1 Å². The average Bonchev–Trinajstić information content (AvgIpc) is 2.70. The molecule has 27 heavy (non-hydrogen) atoms. The van der Waals surface area contributed by atoms with Gasteiger partial charge in [-0.15, -0.1) is 0 Å². The SMILES string of the molecule is COc1ccc(C(=O)NCC(=O)NCC2(C(=O)O)CCCCC2)cc1OC. The molecular weight excluding hydrogens is 352 g/mol. The van der Waals surface area contributed by atoms with Crippen molar-refractivity contribution in [3.8, 4) is 11.5 Å². The molecule has 2 amide bonds. The Labute approximate surface area is 158 Å². The minimum Gasteiger partial charge on any atom is -0.493 e. The van der Waals surface area contributed by atoms with Crippen molar-refractivity contribution in [3.05, 3.63) is 23.8 Å². The van der Waals surface area contributed by atoms with Gasteiger partial charge >= 0.3 is 5.97 Å². The van der Waals surface area contributed by atoms with Crippen LogP contribution in [0, 0.1) is 5.41 Å². The van der Waals surface area contributed by atoms with Gasteiger partial charge < -0.3 is 25.2 Å². The van der Waals surface area contributed by atoms with E-state index in [1.165, 1.54) is 20.3 Å². The van der Waals surface area contributed by atoms with Crippen LogP contribution in [-0.2, 0) is 9.59 Å². The topological polar surface area (TPSA) is 114 Å². The minimum absolute atomic E-state index is 0.0768. The zero-order valence-corrected chi connectivity index (χ0v) is 15.7. The number of carbonyl (C=O) groups is 3. The highest BCUT2D eigenvalue weighted by atomic mass is 16.5. The third-order valence-electron chi connectivity index (χ3n) is 4.94. The van der Waals surface area contributed by atoms with Crippen LogP contribution in [0.1, 0.15) is 42.5 Å². The van der Waals surface area contributed by atoms with Gasteiger partial charge in [0, 0.05) is 12.1 Å². The number of benzene rings is 1. The second kappa shape index (κ2) is 9.25. The van der Waals surface area contributed by atoms with Gasteiger partial charge in [-0.05, 0) is 31.0 Å². The molecule has 0 aromatic heterocycles. The van der Waals surface area contributed by atoms with Crippen LogP contribution in [0.15, 0.2) is 18.2 Å². The van der Waals surface area contributed by atoms with Gasteiger partial charge in [0.2, 0.25) is 5.91 Å². The van der Waals surface area contributed by atoms with E-state index in [2.05, 4.69) is 10.6 Å². The Morgan fingerprint density at radius 2 is 1.70 bits per heavy atom. The van der Waals surface area contributed by atoms with Crippen molar-refractivity contribution in [3.63, 3.8) is 0 Å². The van der Waals surface area contributed by atoms with Crippen LogP contribution in [0.4, 0.5) is 0 Å². The number of nitrogens with one attached hydrogen (secondary N) is 2. The fraction of sp³-hybridized carbons (Fsp3) is 0.526. The molecule has 8 heteroatoms. The second-order valence-corrected chi connectivity index (χ2v) is 6.68. The summed E-state index contributed by atoms with van der Waals surface area (Å²) in [5.41, 5.74) is -0.573. The van der Waals surface area contributed by atoms with Crippen LogP contribution in [0.3, 0.4) is 0 Å². The van der Waals surface area contributed by atoms with E-state index in [0.717, 1.165) is 19.3 Å². The second-order valence-electron chi connectivity index (χ2n) is 6.68. The summed E-state index contributed by atoms with van der Waals surface area (Å²) >= 11 is 0. The lowest BCUT2D eigenvalue weighted by molar-refractivity contribution is -0.151. The molecule has 2 rings (SSSR count). The molecule has 1 aromatic carbocycles. The number of hydrogen-bond acceptors (Lipinski definition) is 5. The van der Waals surface area contributed by atoms with E-state index in [1.54, 1.807) is 12.1 Å². The van der Waals surface area contributed by atoms with Gasteiger partial charge in [0.25, 0.3) is 5.91 Å². The summed E-state index contributed by atoms with van der Waals surface area (Å²) in [6.07, 6.45) is 3.82. The number of carbonyl (C=O) groups excluding carboxylic acids is 2. The molecule has 0 atom stereocenters. The number of rotatable bonds is 8. The van der Waals surface area contributed by atoms with Gasteiger partial charge in [-0.25, -0.2) is 0 Å². The van der Waals surface area contributed by atoms with Crippen molar-refractivity contribution in [1.82, 2.24) is 10.6 Å². The molecule has 0 heterocycles.